The van der Waals surface area contributed by atoms with Crippen LogP contribution in [0.1, 0.15) is 17.0 Å². The van der Waals surface area contributed by atoms with Gasteiger partial charge in [0.1, 0.15) is 5.82 Å². The van der Waals surface area contributed by atoms with Crippen LogP contribution in [0.25, 0.3) is 0 Å². The monoisotopic (exact) mass is 467 g/mol. The van der Waals surface area contributed by atoms with Crippen LogP contribution < -0.4 is 5.32 Å². The number of halogens is 2. The highest BCUT2D eigenvalue weighted by Crippen LogP contribution is 2.24. The molecule has 1 unspecified atom stereocenters. The van der Waals surface area contributed by atoms with Gasteiger partial charge in [-0.05, 0) is 25.1 Å². The van der Waals surface area contributed by atoms with Crippen LogP contribution >= 0.6 is 11.6 Å². The van der Waals surface area contributed by atoms with E-state index in [1.54, 1.807) is 9.58 Å². The summed E-state index contributed by atoms with van der Waals surface area (Å²) in [5.41, 5.74) is 2.81. The van der Waals surface area contributed by atoms with Crippen molar-refractivity contribution in [3.05, 3.63) is 46.0 Å². The number of amides is 3. The molecule has 1 aromatic carbocycles. The molecule has 1 N–H and O–H groups in total. The Labute approximate surface area is 188 Å². The first-order chi connectivity index (χ1) is 15.2. The molecule has 0 fully saturated rings. The molecule has 0 saturated carbocycles. The van der Waals surface area contributed by atoms with E-state index in [1.165, 1.54) is 32.4 Å². The predicted octanol–water partition coefficient (Wildman–Crippen LogP) is 2.14. The van der Waals surface area contributed by atoms with Gasteiger partial charge in [-0.15, -0.1) is 0 Å². The lowest BCUT2D eigenvalue weighted by molar-refractivity contribution is -0.200. The molecule has 0 bridgehead atoms. The van der Waals surface area contributed by atoms with Crippen molar-refractivity contribution in [1.82, 2.24) is 19.7 Å². The summed E-state index contributed by atoms with van der Waals surface area (Å²) in [5, 5.41) is 8.05. The molecule has 10 nitrogen and oxygen atoms in total. The molecule has 0 spiro atoms. The smallest absolute Gasteiger partial charge is 0.339 e. The number of urea groups is 1. The predicted molar refractivity (Wildman–Crippen MR) is 112 cm³/mol. The summed E-state index contributed by atoms with van der Waals surface area (Å²) in [4.78, 5) is 42.5. The summed E-state index contributed by atoms with van der Waals surface area (Å²) < 4.78 is 19.7. The van der Waals surface area contributed by atoms with Crippen LogP contribution in [0, 0.1) is 12.7 Å². The van der Waals surface area contributed by atoms with Crippen molar-refractivity contribution in [3.63, 3.8) is 0 Å². The van der Waals surface area contributed by atoms with Crippen LogP contribution in [0.3, 0.4) is 0 Å². The second kappa shape index (κ2) is 9.96. The number of nitrogens with zero attached hydrogens (tertiary/aromatic N) is 4. The zero-order valence-electron chi connectivity index (χ0n) is 17.8. The highest BCUT2D eigenvalue weighted by Gasteiger charge is 2.29. The van der Waals surface area contributed by atoms with E-state index in [2.05, 4.69) is 10.4 Å². The van der Waals surface area contributed by atoms with Gasteiger partial charge in [-0.2, -0.15) is 5.10 Å². The van der Waals surface area contributed by atoms with Crippen LogP contribution in [0.2, 0.25) is 5.02 Å². The zero-order valence-corrected chi connectivity index (χ0v) is 18.6. The Kier molecular flexibility index (Phi) is 7.31. The minimum absolute atomic E-state index is 0.0317. The SMILES string of the molecule is COC(=O)C(Cn1nc2c(c1C)CN(C(=O)Nc1ccc(F)c(Cl)c1)CC2)ON(C)C=O. The highest BCUT2D eigenvalue weighted by atomic mass is 35.5. The normalized spacial score (nSPS) is 13.8. The van der Waals surface area contributed by atoms with Gasteiger partial charge in [-0.25, -0.2) is 19.0 Å². The number of esters is 1. The zero-order chi connectivity index (χ0) is 23.4. The maximum Gasteiger partial charge on any atom is 0.339 e. The van der Waals surface area contributed by atoms with Crippen LogP contribution in [-0.2, 0) is 38.7 Å². The number of benzene rings is 1. The van der Waals surface area contributed by atoms with Crippen molar-refractivity contribution in [2.24, 2.45) is 0 Å². The Morgan fingerprint density at radius 1 is 1.44 bits per heavy atom. The number of carbonyl (C=O) groups excluding carboxylic acids is 3. The molecular weight excluding hydrogens is 445 g/mol. The molecule has 0 saturated heterocycles. The fraction of sp³-hybridized carbons (Fsp3) is 0.400. The average Bonchev–Trinajstić information content (AvgIpc) is 3.09. The average molecular weight is 468 g/mol. The summed E-state index contributed by atoms with van der Waals surface area (Å²) in [6.45, 7) is 2.59. The molecule has 2 heterocycles. The number of carbonyl (C=O) groups is 3. The first-order valence-electron chi connectivity index (χ1n) is 9.72. The van der Waals surface area contributed by atoms with Crippen molar-refractivity contribution in [1.29, 1.82) is 0 Å². The molecule has 3 amide bonds. The number of aromatic nitrogens is 2. The lowest BCUT2D eigenvalue weighted by atomic mass is 10.1. The van der Waals surface area contributed by atoms with Gasteiger partial charge in [-0.3, -0.25) is 14.3 Å². The molecule has 1 aliphatic rings. The molecule has 2 aromatic rings. The molecule has 0 radical (unpaired) electrons. The number of methoxy groups -OCH3 is 1. The van der Waals surface area contributed by atoms with Crippen molar-refractivity contribution in [2.45, 2.75) is 32.5 Å². The van der Waals surface area contributed by atoms with E-state index < -0.39 is 17.9 Å². The largest absolute Gasteiger partial charge is 0.467 e. The summed E-state index contributed by atoms with van der Waals surface area (Å²) in [5.74, 6) is -1.21. The lowest BCUT2D eigenvalue weighted by Gasteiger charge is -2.27. The van der Waals surface area contributed by atoms with E-state index in [0.717, 1.165) is 22.0 Å². The Balaban J connectivity index is 1.72. The van der Waals surface area contributed by atoms with E-state index in [1.807, 2.05) is 6.92 Å². The quantitative estimate of drug-likeness (QED) is 0.380. The maximum absolute atomic E-state index is 13.3. The molecule has 32 heavy (non-hydrogen) atoms. The van der Waals surface area contributed by atoms with Gasteiger partial charge < -0.3 is 15.0 Å². The number of rotatable bonds is 7. The van der Waals surface area contributed by atoms with Gasteiger partial charge in [0.05, 0.1) is 30.9 Å². The molecule has 1 atom stereocenters. The van der Waals surface area contributed by atoms with Gasteiger partial charge in [0.2, 0.25) is 12.5 Å². The first kappa shape index (κ1) is 23.5. The summed E-state index contributed by atoms with van der Waals surface area (Å²) in [6.07, 6.45) is -0.127. The van der Waals surface area contributed by atoms with Gasteiger partial charge in [-0.1, -0.05) is 11.6 Å². The minimum atomic E-state index is -1.07. The summed E-state index contributed by atoms with van der Waals surface area (Å²) in [6, 6.07) is 3.61. The van der Waals surface area contributed by atoms with Gasteiger partial charge in [0, 0.05) is 37.0 Å². The number of hydrogen-bond donors (Lipinski definition) is 1. The molecule has 0 aliphatic carbocycles. The standard InChI is InChI=1S/C20H23ClFN5O5/c1-12-14-9-26(20(30)23-13-4-5-16(22)15(21)8-13)7-6-17(14)24-27(12)10-18(19(29)31-3)32-25(2)11-28/h4-5,8,11,18H,6-7,9-10H2,1-3H3,(H,23,30). The van der Waals surface area contributed by atoms with E-state index >= 15 is 0 Å². The van der Waals surface area contributed by atoms with Crippen molar-refractivity contribution < 1.29 is 28.3 Å². The first-order valence-corrected chi connectivity index (χ1v) is 10.1. The molecule has 1 aliphatic heterocycles. The Hall–Kier alpha value is -3.18. The number of nitrogens with one attached hydrogen (secondary N) is 1. The van der Waals surface area contributed by atoms with Gasteiger partial charge in [0.25, 0.3) is 0 Å². The van der Waals surface area contributed by atoms with Gasteiger partial charge >= 0.3 is 12.0 Å². The molecule has 3 rings (SSSR count). The second-order valence-electron chi connectivity index (χ2n) is 7.19. The topological polar surface area (TPSA) is 106 Å². The lowest BCUT2D eigenvalue weighted by Crippen LogP contribution is -2.38. The number of fused-ring (bicyclic) bond motifs is 1. The highest BCUT2D eigenvalue weighted by molar-refractivity contribution is 6.31. The third-order valence-electron chi connectivity index (χ3n) is 5.08. The fourth-order valence-electron chi connectivity index (χ4n) is 3.36. The van der Waals surface area contributed by atoms with Crippen LogP contribution in [-0.4, -0.2) is 65.0 Å². The van der Waals surface area contributed by atoms with Crippen molar-refractivity contribution in [3.8, 4) is 0 Å². The second-order valence-corrected chi connectivity index (χ2v) is 7.60. The molecule has 172 valence electrons. The molecular formula is C20H23ClFN5O5. The number of anilines is 1. The van der Waals surface area contributed by atoms with Crippen molar-refractivity contribution >= 4 is 35.7 Å². The third kappa shape index (κ3) is 5.17. The number of hydrogen-bond acceptors (Lipinski definition) is 6. The summed E-state index contributed by atoms with van der Waals surface area (Å²) >= 11 is 5.77. The number of ether oxygens (including phenoxy) is 1. The van der Waals surface area contributed by atoms with Crippen molar-refractivity contribution in [2.75, 3.05) is 26.0 Å². The third-order valence-corrected chi connectivity index (χ3v) is 5.37. The van der Waals surface area contributed by atoms with E-state index in [-0.39, 0.29) is 17.6 Å². The summed E-state index contributed by atoms with van der Waals surface area (Å²) in [7, 11) is 2.60. The van der Waals surface area contributed by atoms with Gasteiger partial charge in [0.15, 0.2) is 0 Å². The molecule has 1 aromatic heterocycles. The van der Waals surface area contributed by atoms with Crippen LogP contribution in [0.4, 0.5) is 14.9 Å². The Morgan fingerprint density at radius 2 is 2.19 bits per heavy atom. The maximum atomic E-state index is 13.3. The van der Waals surface area contributed by atoms with E-state index in [4.69, 9.17) is 21.2 Å². The van der Waals surface area contributed by atoms with Crippen LogP contribution in [0.5, 0.6) is 0 Å². The Morgan fingerprint density at radius 3 is 2.84 bits per heavy atom. The number of hydroxylamine groups is 2. The Bertz CT molecular complexity index is 1030. The minimum Gasteiger partial charge on any atom is -0.467 e. The van der Waals surface area contributed by atoms with E-state index in [0.29, 0.717) is 31.6 Å². The van der Waals surface area contributed by atoms with Crippen LogP contribution in [0.15, 0.2) is 18.2 Å². The van der Waals surface area contributed by atoms with E-state index in [9.17, 15) is 18.8 Å². The fourth-order valence-corrected chi connectivity index (χ4v) is 3.54. The molecule has 12 heteroatoms.